The Morgan fingerprint density at radius 2 is 2.14 bits per heavy atom. The molecule has 1 aromatic rings. The zero-order chi connectivity index (χ0) is 15.5. The van der Waals surface area contributed by atoms with E-state index in [4.69, 9.17) is 10.5 Å². The van der Waals surface area contributed by atoms with Crippen LogP contribution < -0.4 is 10.5 Å². The molecule has 0 amide bonds. The van der Waals surface area contributed by atoms with E-state index in [1.165, 1.54) is 0 Å². The molecule has 1 heterocycles. The van der Waals surface area contributed by atoms with E-state index in [-0.39, 0.29) is 12.1 Å². The number of β-amino-alcohol motifs (C(OH)–C–C–N with tert-alkyl or cyclic N) is 1. The van der Waals surface area contributed by atoms with E-state index in [0.717, 1.165) is 37.1 Å². The third-order valence-electron chi connectivity index (χ3n) is 4.43. The highest BCUT2D eigenvalue weighted by Gasteiger charge is 2.35. The van der Waals surface area contributed by atoms with Crippen LogP contribution in [-0.4, -0.2) is 41.8 Å². The summed E-state index contributed by atoms with van der Waals surface area (Å²) in [4.78, 5) is 2.32. The summed E-state index contributed by atoms with van der Waals surface area (Å²) < 4.78 is 5.52. The van der Waals surface area contributed by atoms with Crippen LogP contribution in [0.4, 0.5) is 0 Å². The van der Waals surface area contributed by atoms with Crippen molar-refractivity contribution in [2.45, 2.75) is 50.8 Å². The second kappa shape index (κ2) is 6.77. The third kappa shape index (κ3) is 3.76. The summed E-state index contributed by atoms with van der Waals surface area (Å²) in [5, 5.41) is 10.4. The van der Waals surface area contributed by atoms with Crippen LogP contribution >= 0.6 is 0 Å². The number of para-hydroxylation sites is 1. The molecule has 0 saturated carbocycles. The van der Waals surface area contributed by atoms with Gasteiger partial charge in [-0.1, -0.05) is 25.1 Å². The van der Waals surface area contributed by atoms with Crippen molar-refractivity contribution in [2.24, 2.45) is 5.73 Å². The Morgan fingerprint density at radius 1 is 1.43 bits per heavy atom. The normalized spacial score (nSPS) is 26.3. The predicted octanol–water partition coefficient (Wildman–Crippen LogP) is 2.32. The second-order valence-corrected chi connectivity index (χ2v) is 6.33. The highest BCUT2D eigenvalue weighted by Crippen LogP contribution is 2.35. The minimum Gasteiger partial charge on any atom is -0.496 e. The maximum Gasteiger partial charge on any atom is 0.123 e. The number of methoxy groups -OCH3 is 1. The molecule has 1 aliphatic rings. The van der Waals surface area contributed by atoms with Crippen molar-refractivity contribution in [1.82, 2.24) is 4.90 Å². The Bertz CT molecular complexity index is 462. The average molecular weight is 292 g/mol. The van der Waals surface area contributed by atoms with E-state index in [1.54, 1.807) is 7.11 Å². The Balaban J connectivity index is 2.34. The lowest BCUT2D eigenvalue weighted by atomic mass is 9.89. The number of ether oxygens (including phenoxy) is 1. The smallest absolute Gasteiger partial charge is 0.123 e. The van der Waals surface area contributed by atoms with Gasteiger partial charge in [-0.15, -0.1) is 0 Å². The van der Waals surface area contributed by atoms with Gasteiger partial charge in [0.1, 0.15) is 5.75 Å². The van der Waals surface area contributed by atoms with Crippen LogP contribution in [0.5, 0.6) is 5.75 Å². The number of aliphatic hydroxyl groups is 1. The summed E-state index contributed by atoms with van der Waals surface area (Å²) >= 11 is 0. The highest BCUT2D eigenvalue weighted by molar-refractivity contribution is 5.37. The van der Waals surface area contributed by atoms with Gasteiger partial charge in [0, 0.05) is 18.2 Å². The van der Waals surface area contributed by atoms with Crippen LogP contribution in [0.15, 0.2) is 24.3 Å². The molecule has 4 nitrogen and oxygen atoms in total. The third-order valence-corrected chi connectivity index (χ3v) is 4.43. The molecule has 3 atom stereocenters. The lowest BCUT2D eigenvalue weighted by Crippen LogP contribution is -2.51. The lowest BCUT2D eigenvalue weighted by Gasteiger charge is -2.43. The number of hydrogen-bond acceptors (Lipinski definition) is 4. The summed E-state index contributed by atoms with van der Waals surface area (Å²) in [6.45, 7) is 5.64. The monoisotopic (exact) mass is 292 g/mol. The van der Waals surface area contributed by atoms with Gasteiger partial charge >= 0.3 is 0 Å². The van der Waals surface area contributed by atoms with Crippen molar-refractivity contribution in [3.8, 4) is 5.75 Å². The molecule has 1 aliphatic heterocycles. The van der Waals surface area contributed by atoms with Gasteiger partial charge in [0.25, 0.3) is 0 Å². The lowest BCUT2D eigenvalue weighted by molar-refractivity contribution is -0.0346. The Morgan fingerprint density at radius 3 is 2.76 bits per heavy atom. The first-order valence-electron chi connectivity index (χ1n) is 7.83. The molecular weight excluding hydrogens is 264 g/mol. The molecule has 118 valence electrons. The SMILES string of the molecule is CCC(N)C(c1ccccc1OC)N1CCCC(C)(O)C1. The molecule has 1 aromatic carbocycles. The molecule has 3 unspecified atom stereocenters. The van der Waals surface area contributed by atoms with Gasteiger partial charge < -0.3 is 15.6 Å². The largest absolute Gasteiger partial charge is 0.496 e. The number of hydrogen-bond donors (Lipinski definition) is 2. The van der Waals surface area contributed by atoms with Gasteiger partial charge in [-0.25, -0.2) is 0 Å². The first kappa shape index (κ1) is 16.3. The van der Waals surface area contributed by atoms with Crippen molar-refractivity contribution in [2.75, 3.05) is 20.2 Å². The van der Waals surface area contributed by atoms with E-state index < -0.39 is 5.60 Å². The molecule has 2 rings (SSSR count). The Kier molecular flexibility index (Phi) is 5.25. The molecule has 0 spiro atoms. The molecule has 0 aromatic heterocycles. The number of likely N-dealkylation sites (tertiary alicyclic amines) is 1. The Hall–Kier alpha value is -1.10. The predicted molar refractivity (Wildman–Crippen MR) is 85.4 cm³/mol. The molecule has 1 saturated heterocycles. The topological polar surface area (TPSA) is 58.7 Å². The molecule has 0 bridgehead atoms. The summed E-state index contributed by atoms with van der Waals surface area (Å²) in [6.07, 6.45) is 2.74. The van der Waals surface area contributed by atoms with Gasteiger partial charge in [0.05, 0.1) is 18.8 Å². The number of rotatable bonds is 5. The summed E-state index contributed by atoms with van der Waals surface area (Å²) in [7, 11) is 1.69. The van der Waals surface area contributed by atoms with Crippen molar-refractivity contribution < 1.29 is 9.84 Å². The minimum absolute atomic E-state index is 0.0233. The molecule has 3 N–H and O–H groups in total. The van der Waals surface area contributed by atoms with E-state index in [9.17, 15) is 5.11 Å². The fourth-order valence-corrected chi connectivity index (χ4v) is 3.33. The second-order valence-electron chi connectivity index (χ2n) is 6.33. The maximum atomic E-state index is 10.4. The average Bonchev–Trinajstić information content (AvgIpc) is 2.47. The van der Waals surface area contributed by atoms with Gasteiger partial charge in [-0.2, -0.15) is 0 Å². The van der Waals surface area contributed by atoms with Gasteiger partial charge in [-0.05, 0) is 38.8 Å². The quantitative estimate of drug-likeness (QED) is 0.874. The van der Waals surface area contributed by atoms with Gasteiger partial charge in [-0.3, -0.25) is 4.90 Å². The maximum absolute atomic E-state index is 10.4. The first-order valence-corrected chi connectivity index (χ1v) is 7.83. The van der Waals surface area contributed by atoms with Crippen molar-refractivity contribution in [3.05, 3.63) is 29.8 Å². The van der Waals surface area contributed by atoms with E-state index in [2.05, 4.69) is 17.9 Å². The van der Waals surface area contributed by atoms with E-state index in [1.807, 2.05) is 25.1 Å². The van der Waals surface area contributed by atoms with Crippen molar-refractivity contribution >= 4 is 0 Å². The zero-order valence-corrected chi connectivity index (χ0v) is 13.4. The zero-order valence-electron chi connectivity index (χ0n) is 13.4. The molecule has 4 heteroatoms. The standard InChI is InChI=1S/C17H28N2O2/c1-4-14(18)16(13-8-5-6-9-15(13)21-3)19-11-7-10-17(2,20)12-19/h5-6,8-9,14,16,20H,4,7,10-12,18H2,1-3H3. The van der Waals surface area contributed by atoms with Gasteiger partial charge in [0.2, 0.25) is 0 Å². The van der Waals surface area contributed by atoms with Crippen LogP contribution in [-0.2, 0) is 0 Å². The summed E-state index contributed by atoms with van der Waals surface area (Å²) in [5.41, 5.74) is 6.90. The Labute approximate surface area is 127 Å². The van der Waals surface area contributed by atoms with Crippen molar-refractivity contribution in [3.63, 3.8) is 0 Å². The summed E-state index contributed by atoms with van der Waals surface area (Å²) in [5.74, 6) is 0.872. The molecular formula is C17H28N2O2. The van der Waals surface area contributed by atoms with Crippen LogP contribution in [0.2, 0.25) is 0 Å². The molecule has 21 heavy (non-hydrogen) atoms. The molecule has 1 fully saturated rings. The molecule has 0 radical (unpaired) electrons. The van der Waals surface area contributed by atoms with E-state index >= 15 is 0 Å². The van der Waals surface area contributed by atoms with Crippen LogP contribution in [0.3, 0.4) is 0 Å². The highest BCUT2D eigenvalue weighted by atomic mass is 16.5. The minimum atomic E-state index is -0.633. The van der Waals surface area contributed by atoms with Crippen LogP contribution in [0, 0.1) is 0 Å². The number of nitrogens with two attached hydrogens (primary N) is 1. The van der Waals surface area contributed by atoms with Crippen LogP contribution in [0.25, 0.3) is 0 Å². The van der Waals surface area contributed by atoms with Gasteiger partial charge in [0.15, 0.2) is 0 Å². The summed E-state index contributed by atoms with van der Waals surface area (Å²) in [6, 6.07) is 8.17. The molecule has 0 aliphatic carbocycles. The number of nitrogens with zero attached hydrogens (tertiary/aromatic N) is 1. The number of benzene rings is 1. The first-order chi connectivity index (χ1) is 9.98. The van der Waals surface area contributed by atoms with E-state index in [0.29, 0.717) is 6.54 Å². The van der Waals surface area contributed by atoms with Crippen molar-refractivity contribution in [1.29, 1.82) is 0 Å². The fraction of sp³-hybridized carbons (Fsp3) is 0.647. The number of piperidine rings is 1. The van der Waals surface area contributed by atoms with Crippen LogP contribution in [0.1, 0.15) is 44.7 Å². The fourth-order valence-electron chi connectivity index (χ4n) is 3.33.